The summed E-state index contributed by atoms with van der Waals surface area (Å²) in [6.07, 6.45) is 6.29. The van der Waals surface area contributed by atoms with Crippen LogP contribution in [0.15, 0.2) is 30.3 Å². The molecule has 3 fully saturated rings. The molecule has 0 spiro atoms. The summed E-state index contributed by atoms with van der Waals surface area (Å²) in [6, 6.07) is 9.74. The first kappa shape index (κ1) is 28.3. The number of likely N-dealkylation sites (tertiary alicyclic amines) is 1. The Hall–Kier alpha value is -3.50. The average molecular weight is 588 g/mol. The summed E-state index contributed by atoms with van der Waals surface area (Å²) in [5.41, 5.74) is 11.1. The highest BCUT2D eigenvalue weighted by atomic mass is 19.1. The number of alkyl halides is 1. The summed E-state index contributed by atoms with van der Waals surface area (Å²) in [7, 11) is 3.59. The van der Waals surface area contributed by atoms with Crippen LogP contribution in [0.1, 0.15) is 54.6 Å². The van der Waals surface area contributed by atoms with Crippen molar-refractivity contribution < 1.29 is 13.9 Å². The first-order valence-electron chi connectivity index (χ1n) is 15.8. The van der Waals surface area contributed by atoms with E-state index in [1.807, 2.05) is 11.6 Å². The number of hydrogen-bond donors (Lipinski definition) is 2. The third-order valence-corrected chi connectivity index (χ3v) is 9.56. The molecule has 4 aromatic rings. The maximum Gasteiger partial charge on any atom is 0.254 e. The standard InChI is InChI=1S/C33H42FN7O2/c1-39-30-27(13-23(15-29(30)43-2)33(42)40-18-24(34)16-25(35)19-40)38-32(39)28-14-22-6-8-26(7-5-20-9-11-36-12-10-20)37-31(22)41(28)17-21-3-4-21/h6,8,13-15,20-21,24-25,36H,3-5,7,9-12,16-19,35H2,1-2H3/t24-,25-/m1/s1. The molecule has 3 aromatic heterocycles. The number of amides is 1. The number of imidazole rings is 1. The number of aryl methyl sites for hydroxylation is 2. The number of halogens is 1. The van der Waals surface area contributed by atoms with Crippen molar-refractivity contribution in [2.75, 3.05) is 33.3 Å². The molecule has 10 heteroatoms. The van der Waals surface area contributed by atoms with Gasteiger partial charge in [0.1, 0.15) is 23.1 Å². The Morgan fingerprint density at radius 1 is 1.09 bits per heavy atom. The molecule has 0 unspecified atom stereocenters. The third-order valence-electron chi connectivity index (χ3n) is 9.56. The second-order valence-electron chi connectivity index (χ2n) is 12.9. The number of ether oxygens (including phenoxy) is 1. The summed E-state index contributed by atoms with van der Waals surface area (Å²) < 4.78 is 24.4. The Labute approximate surface area is 251 Å². The van der Waals surface area contributed by atoms with Gasteiger partial charge in [-0.3, -0.25) is 4.79 Å². The molecule has 3 N–H and O–H groups in total. The number of carbonyl (C=O) groups excluding carboxylic acids is 1. The fourth-order valence-corrected chi connectivity index (χ4v) is 7.00. The van der Waals surface area contributed by atoms with Gasteiger partial charge in [0, 0.05) is 42.8 Å². The van der Waals surface area contributed by atoms with E-state index < -0.39 is 6.17 Å². The molecule has 1 aromatic carbocycles. The van der Waals surface area contributed by atoms with Crippen molar-refractivity contribution in [3.63, 3.8) is 0 Å². The summed E-state index contributed by atoms with van der Waals surface area (Å²) >= 11 is 0. The quantitative estimate of drug-likeness (QED) is 0.316. The lowest BCUT2D eigenvalue weighted by Gasteiger charge is -2.33. The van der Waals surface area contributed by atoms with Crippen LogP contribution in [0.3, 0.4) is 0 Å². The van der Waals surface area contributed by atoms with Gasteiger partial charge in [-0.15, -0.1) is 0 Å². The Kier molecular flexibility index (Phi) is 7.59. The van der Waals surface area contributed by atoms with Crippen LogP contribution in [0.4, 0.5) is 4.39 Å². The first-order valence-corrected chi connectivity index (χ1v) is 15.8. The van der Waals surface area contributed by atoms with Gasteiger partial charge in [-0.25, -0.2) is 14.4 Å². The number of pyridine rings is 1. The summed E-state index contributed by atoms with van der Waals surface area (Å²) in [5, 5.41) is 4.57. The van der Waals surface area contributed by atoms with E-state index in [4.69, 9.17) is 20.4 Å². The van der Waals surface area contributed by atoms with E-state index in [2.05, 4.69) is 28.1 Å². The number of fused-ring (bicyclic) bond motifs is 2. The molecule has 2 aliphatic heterocycles. The molecule has 3 aliphatic rings. The number of hydrogen-bond acceptors (Lipinski definition) is 6. The SMILES string of the molecule is COc1cc(C(=O)N2C[C@H](N)C[C@@H](F)C2)cc2nc(-c3cc4ccc(CCC5CCNCC5)nc4n3CC3CC3)n(C)c12. The lowest BCUT2D eigenvalue weighted by atomic mass is 9.92. The lowest BCUT2D eigenvalue weighted by Crippen LogP contribution is -2.50. The monoisotopic (exact) mass is 587 g/mol. The van der Waals surface area contributed by atoms with Crippen molar-refractivity contribution in [2.45, 2.75) is 63.7 Å². The van der Waals surface area contributed by atoms with E-state index in [0.717, 1.165) is 65.7 Å². The molecule has 5 heterocycles. The summed E-state index contributed by atoms with van der Waals surface area (Å²) in [6.45, 7) is 3.53. The number of nitrogens with two attached hydrogens (primary N) is 1. The van der Waals surface area contributed by atoms with Crippen LogP contribution >= 0.6 is 0 Å². The minimum absolute atomic E-state index is 0.0501. The fraction of sp³-hybridized carbons (Fsp3) is 0.545. The molecule has 1 amide bonds. The van der Waals surface area contributed by atoms with Gasteiger partial charge in [0.25, 0.3) is 5.91 Å². The Balaban J connectivity index is 1.25. The minimum Gasteiger partial charge on any atom is -0.494 e. The second-order valence-corrected chi connectivity index (χ2v) is 12.9. The van der Waals surface area contributed by atoms with Gasteiger partial charge in [0.15, 0.2) is 5.82 Å². The van der Waals surface area contributed by atoms with Crippen molar-refractivity contribution >= 4 is 28.0 Å². The number of nitrogens with one attached hydrogen (secondary N) is 1. The predicted octanol–water partition coefficient (Wildman–Crippen LogP) is 4.45. The van der Waals surface area contributed by atoms with E-state index >= 15 is 0 Å². The van der Waals surface area contributed by atoms with Crippen LogP contribution in [0.2, 0.25) is 0 Å². The van der Waals surface area contributed by atoms with Crippen LogP contribution in [-0.4, -0.2) is 75.4 Å². The summed E-state index contributed by atoms with van der Waals surface area (Å²) in [4.78, 5) is 25.2. The van der Waals surface area contributed by atoms with Gasteiger partial charge in [0.2, 0.25) is 0 Å². The normalized spacial score (nSPS) is 21.6. The van der Waals surface area contributed by atoms with Gasteiger partial charge in [-0.2, -0.15) is 0 Å². The van der Waals surface area contributed by atoms with E-state index in [1.54, 1.807) is 19.2 Å². The Bertz CT molecular complexity index is 1640. The van der Waals surface area contributed by atoms with Crippen LogP contribution < -0.4 is 15.8 Å². The number of nitrogens with zero attached hydrogens (tertiary/aromatic N) is 5. The molecule has 1 aliphatic carbocycles. The number of aromatic nitrogens is 4. The van der Waals surface area contributed by atoms with Crippen LogP contribution in [0.5, 0.6) is 5.75 Å². The predicted molar refractivity (Wildman–Crippen MR) is 166 cm³/mol. The molecule has 228 valence electrons. The smallest absolute Gasteiger partial charge is 0.254 e. The maximum absolute atomic E-state index is 14.3. The molecule has 2 saturated heterocycles. The zero-order chi connectivity index (χ0) is 29.7. The summed E-state index contributed by atoms with van der Waals surface area (Å²) in [5.74, 6) is 2.52. The molecular formula is C33H42FN7O2. The number of piperidine rings is 2. The molecular weight excluding hydrogens is 545 g/mol. The van der Waals surface area contributed by atoms with Crippen LogP contribution in [0.25, 0.3) is 33.6 Å². The van der Waals surface area contributed by atoms with E-state index in [1.165, 1.54) is 37.0 Å². The van der Waals surface area contributed by atoms with Crippen molar-refractivity contribution in [2.24, 2.45) is 24.6 Å². The number of methoxy groups -OCH3 is 1. The lowest BCUT2D eigenvalue weighted by molar-refractivity contribution is 0.0606. The molecule has 0 bridgehead atoms. The number of carbonyl (C=O) groups is 1. The minimum atomic E-state index is -1.12. The van der Waals surface area contributed by atoms with Crippen molar-refractivity contribution in [3.05, 3.63) is 41.6 Å². The molecule has 43 heavy (non-hydrogen) atoms. The molecule has 9 nitrogen and oxygen atoms in total. The maximum atomic E-state index is 14.3. The zero-order valence-corrected chi connectivity index (χ0v) is 25.2. The molecule has 0 radical (unpaired) electrons. The average Bonchev–Trinajstić information content (AvgIpc) is 3.68. The van der Waals surface area contributed by atoms with E-state index in [9.17, 15) is 9.18 Å². The van der Waals surface area contributed by atoms with Crippen molar-refractivity contribution in [3.8, 4) is 17.3 Å². The number of rotatable bonds is 8. The Morgan fingerprint density at radius 2 is 1.91 bits per heavy atom. The third kappa shape index (κ3) is 5.62. The van der Waals surface area contributed by atoms with Gasteiger partial charge in [-0.05, 0) is 100 Å². The highest BCUT2D eigenvalue weighted by molar-refractivity contribution is 6.00. The van der Waals surface area contributed by atoms with Gasteiger partial charge in [0.05, 0.1) is 24.9 Å². The van der Waals surface area contributed by atoms with Crippen molar-refractivity contribution in [1.29, 1.82) is 0 Å². The van der Waals surface area contributed by atoms with Gasteiger partial charge in [-0.1, -0.05) is 0 Å². The fourth-order valence-electron chi connectivity index (χ4n) is 7.00. The second kappa shape index (κ2) is 11.5. The van der Waals surface area contributed by atoms with Gasteiger partial charge >= 0.3 is 0 Å². The van der Waals surface area contributed by atoms with Crippen LogP contribution in [-0.2, 0) is 20.0 Å². The molecule has 1 saturated carbocycles. The van der Waals surface area contributed by atoms with E-state index in [0.29, 0.717) is 29.3 Å². The highest BCUT2D eigenvalue weighted by Crippen LogP contribution is 2.38. The van der Waals surface area contributed by atoms with E-state index in [-0.39, 0.29) is 24.9 Å². The Morgan fingerprint density at radius 3 is 2.65 bits per heavy atom. The molecule has 2 atom stereocenters. The zero-order valence-electron chi connectivity index (χ0n) is 25.2. The largest absolute Gasteiger partial charge is 0.494 e. The topological polar surface area (TPSA) is 103 Å². The molecule has 7 rings (SSSR count). The van der Waals surface area contributed by atoms with Gasteiger partial charge < -0.3 is 29.8 Å². The first-order chi connectivity index (χ1) is 20.9. The highest BCUT2D eigenvalue weighted by Gasteiger charge is 2.30. The van der Waals surface area contributed by atoms with Crippen LogP contribution in [0, 0.1) is 11.8 Å². The van der Waals surface area contributed by atoms with Crippen molar-refractivity contribution in [1.82, 2.24) is 29.3 Å². The number of benzene rings is 1.